The van der Waals surface area contributed by atoms with Crippen LogP contribution in [0.4, 0.5) is 10.8 Å². The van der Waals surface area contributed by atoms with Crippen LogP contribution in [0.15, 0.2) is 35.8 Å². The zero-order valence-corrected chi connectivity index (χ0v) is 14.1. The van der Waals surface area contributed by atoms with Crippen molar-refractivity contribution in [2.45, 2.75) is 38.5 Å². The maximum atomic E-state index is 12.1. The van der Waals surface area contributed by atoms with E-state index in [1.807, 2.05) is 29.6 Å². The van der Waals surface area contributed by atoms with E-state index in [1.54, 1.807) is 11.7 Å². The number of hydrogen-bond acceptors (Lipinski definition) is 6. The number of nitrogens with one attached hydrogen (secondary N) is 2. The molecule has 0 saturated heterocycles. The molecule has 0 fully saturated rings. The van der Waals surface area contributed by atoms with Crippen LogP contribution in [0.1, 0.15) is 48.9 Å². The molecule has 2 aromatic rings. The lowest BCUT2D eigenvalue weighted by Gasteiger charge is -2.05. The molecule has 0 spiro atoms. The van der Waals surface area contributed by atoms with Crippen molar-refractivity contribution < 1.29 is 14.8 Å². The van der Waals surface area contributed by atoms with Gasteiger partial charge in [-0.2, -0.15) is 0 Å². The van der Waals surface area contributed by atoms with Gasteiger partial charge in [0.2, 0.25) is 5.91 Å². The van der Waals surface area contributed by atoms with Crippen LogP contribution < -0.4 is 10.8 Å². The summed E-state index contributed by atoms with van der Waals surface area (Å²) in [6, 6.07) is 7.40. The number of carbonyl (C=O) groups excluding carboxylic acids is 2. The number of carbonyl (C=O) groups is 2. The Kier molecular flexibility index (Phi) is 7.38. The number of benzene rings is 1. The van der Waals surface area contributed by atoms with Crippen molar-refractivity contribution in [3.8, 4) is 0 Å². The first-order chi connectivity index (χ1) is 11.7. The van der Waals surface area contributed by atoms with Gasteiger partial charge in [-0.05, 0) is 37.1 Å². The molecule has 3 N–H and O–H groups in total. The summed E-state index contributed by atoms with van der Waals surface area (Å²) in [6.45, 7) is 0. The van der Waals surface area contributed by atoms with E-state index < -0.39 is 0 Å². The number of aromatic nitrogens is 1. The Bertz CT molecular complexity index is 642. The summed E-state index contributed by atoms with van der Waals surface area (Å²) in [5.41, 5.74) is 3.23. The molecule has 2 rings (SSSR count). The molecule has 0 aliphatic carbocycles. The molecule has 0 aliphatic rings. The third-order valence-corrected chi connectivity index (χ3v) is 4.26. The minimum absolute atomic E-state index is 0.129. The lowest BCUT2D eigenvalue weighted by Crippen LogP contribution is -2.17. The minimum Gasteiger partial charge on any atom is -0.332 e. The van der Waals surface area contributed by atoms with Crippen LogP contribution in [0, 0.1) is 0 Å². The van der Waals surface area contributed by atoms with Gasteiger partial charge < -0.3 is 5.32 Å². The number of nitrogens with zero attached hydrogens (tertiary/aromatic N) is 1. The van der Waals surface area contributed by atoms with Crippen LogP contribution in [0.25, 0.3) is 0 Å². The van der Waals surface area contributed by atoms with Gasteiger partial charge in [-0.1, -0.05) is 12.8 Å². The maximum Gasteiger partial charge on any atom is 0.243 e. The second-order valence-electron chi connectivity index (χ2n) is 5.41. The van der Waals surface area contributed by atoms with E-state index >= 15 is 0 Å². The topological polar surface area (TPSA) is 91.3 Å². The molecule has 7 heteroatoms. The van der Waals surface area contributed by atoms with Crippen molar-refractivity contribution in [2.24, 2.45) is 0 Å². The van der Waals surface area contributed by atoms with Crippen molar-refractivity contribution in [3.05, 3.63) is 41.4 Å². The maximum absolute atomic E-state index is 12.1. The van der Waals surface area contributed by atoms with Gasteiger partial charge in [-0.15, -0.1) is 11.3 Å². The summed E-state index contributed by atoms with van der Waals surface area (Å²) in [7, 11) is 0. The number of unbranched alkanes of at least 4 members (excludes halogenated alkanes) is 3. The molecular formula is C17H21N3O3S. The summed E-state index contributed by atoms with van der Waals surface area (Å²) >= 11 is 1.52. The van der Waals surface area contributed by atoms with Crippen molar-refractivity contribution in [1.29, 1.82) is 0 Å². The molecule has 0 atom stereocenters. The van der Waals surface area contributed by atoms with E-state index in [0.717, 1.165) is 36.5 Å². The Morgan fingerprint density at radius 1 is 1.04 bits per heavy atom. The molecule has 1 aromatic carbocycles. The number of hydrogen-bond donors (Lipinski definition) is 3. The minimum atomic E-state index is -0.363. The Labute approximate surface area is 144 Å². The Morgan fingerprint density at radius 3 is 2.38 bits per heavy atom. The molecule has 0 radical (unpaired) electrons. The van der Waals surface area contributed by atoms with Crippen LogP contribution in [0.2, 0.25) is 0 Å². The van der Waals surface area contributed by atoms with Gasteiger partial charge in [0.05, 0.1) is 0 Å². The normalized spacial score (nSPS) is 10.4. The molecule has 6 nitrogen and oxygen atoms in total. The van der Waals surface area contributed by atoms with Gasteiger partial charge in [-0.3, -0.25) is 14.8 Å². The first-order valence-electron chi connectivity index (χ1n) is 7.92. The predicted octanol–water partition coefficient (Wildman–Crippen LogP) is 3.92. The van der Waals surface area contributed by atoms with E-state index in [4.69, 9.17) is 5.21 Å². The van der Waals surface area contributed by atoms with Crippen molar-refractivity contribution in [1.82, 2.24) is 10.5 Å². The van der Waals surface area contributed by atoms with Crippen LogP contribution in [0.5, 0.6) is 0 Å². The number of hydroxylamine groups is 1. The fourth-order valence-corrected chi connectivity index (χ4v) is 2.82. The van der Waals surface area contributed by atoms with Crippen LogP contribution in [0.3, 0.4) is 0 Å². The van der Waals surface area contributed by atoms with Gasteiger partial charge in [0.1, 0.15) is 0 Å². The number of Topliss-reactive ketones (excluding diaryl/α,β-unsaturated/α-hetero) is 1. The highest BCUT2D eigenvalue weighted by Gasteiger charge is 2.06. The fraction of sp³-hybridized carbons (Fsp3) is 0.353. The SMILES string of the molecule is O=C(CCCCCCC(=O)c1ccc(Nc2nccs2)cc1)NO. The molecule has 0 aliphatic heterocycles. The van der Waals surface area contributed by atoms with E-state index in [1.165, 1.54) is 11.3 Å². The monoisotopic (exact) mass is 347 g/mol. The number of rotatable bonds is 10. The molecule has 128 valence electrons. The predicted molar refractivity (Wildman–Crippen MR) is 93.8 cm³/mol. The van der Waals surface area contributed by atoms with E-state index in [2.05, 4.69) is 10.3 Å². The highest BCUT2D eigenvalue weighted by Crippen LogP contribution is 2.19. The first kappa shape index (κ1) is 18.1. The summed E-state index contributed by atoms with van der Waals surface area (Å²) in [5, 5.41) is 14.3. The summed E-state index contributed by atoms with van der Waals surface area (Å²) in [4.78, 5) is 27.1. The second kappa shape index (κ2) is 9.79. The Hall–Kier alpha value is -2.25. The average Bonchev–Trinajstić information content (AvgIpc) is 3.11. The van der Waals surface area contributed by atoms with E-state index in [-0.39, 0.29) is 11.7 Å². The molecule has 24 heavy (non-hydrogen) atoms. The molecule has 1 aromatic heterocycles. The lowest BCUT2D eigenvalue weighted by molar-refractivity contribution is -0.129. The number of thiazole rings is 1. The van der Waals surface area contributed by atoms with Crippen LogP contribution in [-0.2, 0) is 4.79 Å². The molecular weight excluding hydrogens is 326 g/mol. The zero-order chi connectivity index (χ0) is 17.2. The largest absolute Gasteiger partial charge is 0.332 e. The molecule has 0 bridgehead atoms. The van der Waals surface area contributed by atoms with Crippen molar-refractivity contribution >= 4 is 33.8 Å². The molecule has 0 saturated carbocycles. The highest BCUT2D eigenvalue weighted by atomic mass is 32.1. The lowest BCUT2D eigenvalue weighted by atomic mass is 10.0. The van der Waals surface area contributed by atoms with Gasteiger partial charge in [0.25, 0.3) is 0 Å². The quantitative estimate of drug-likeness (QED) is 0.262. The van der Waals surface area contributed by atoms with Crippen LogP contribution in [-0.4, -0.2) is 21.9 Å². The number of amides is 1. The number of anilines is 2. The van der Waals surface area contributed by atoms with Gasteiger partial charge in [0, 0.05) is 35.7 Å². The standard InChI is InChI=1S/C17H21N3O3S/c21-15(5-3-1-2-4-6-16(22)20-23)13-7-9-14(10-8-13)19-17-18-11-12-24-17/h7-12,23H,1-6H2,(H,18,19)(H,20,22). The summed E-state index contributed by atoms with van der Waals surface area (Å²) in [5.74, 6) is -0.235. The van der Waals surface area contributed by atoms with Crippen molar-refractivity contribution in [3.63, 3.8) is 0 Å². The second-order valence-corrected chi connectivity index (χ2v) is 6.31. The Morgan fingerprint density at radius 2 is 1.75 bits per heavy atom. The first-order valence-corrected chi connectivity index (χ1v) is 8.79. The smallest absolute Gasteiger partial charge is 0.243 e. The Balaban J connectivity index is 1.68. The highest BCUT2D eigenvalue weighted by molar-refractivity contribution is 7.13. The fourth-order valence-electron chi connectivity index (χ4n) is 2.27. The third-order valence-electron chi connectivity index (χ3n) is 3.57. The zero-order valence-electron chi connectivity index (χ0n) is 13.3. The van der Waals surface area contributed by atoms with E-state index in [9.17, 15) is 9.59 Å². The van der Waals surface area contributed by atoms with Crippen LogP contribution >= 0.6 is 11.3 Å². The molecule has 0 unspecified atom stereocenters. The average molecular weight is 347 g/mol. The van der Waals surface area contributed by atoms with Gasteiger partial charge in [-0.25, -0.2) is 10.5 Å². The molecule has 1 heterocycles. The van der Waals surface area contributed by atoms with E-state index in [0.29, 0.717) is 18.4 Å². The third kappa shape index (κ3) is 6.10. The summed E-state index contributed by atoms with van der Waals surface area (Å²) < 4.78 is 0. The van der Waals surface area contributed by atoms with Crippen molar-refractivity contribution in [2.75, 3.05) is 5.32 Å². The number of ketones is 1. The summed E-state index contributed by atoms with van der Waals surface area (Å²) in [6.07, 6.45) is 5.85. The van der Waals surface area contributed by atoms with Gasteiger partial charge in [0.15, 0.2) is 10.9 Å². The molecule has 1 amide bonds. The van der Waals surface area contributed by atoms with Gasteiger partial charge >= 0.3 is 0 Å².